The van der Waals surface area contributed by atoms with Crippen molar-refractivity contribution in [2.75, 3.05) is 13.2 Å². The number of hydrogen-bond donors (Lipinski definition) is 2. The van der Waals surface area contributed by atoms with Gasteiger partial charge in [-0.1, -0.05) is 35.9 Å². The molecule has 0 radical (unpaired) electrons. The van der Waals surface area contributed by atoms with E-state index < -0.39 is 0 Å². The van der Waals surface area contributed by atoms with Gasteiger partial charge >= 0.3 is 6.03 Å². The number of amides is 2. The van der Waals surface area contributed by atoms with Gasteiger partial charge < -0.3 is 20.1 Å². The Morgan fingerprint density at radius 2 is 2.12 bits per heavy atom. The third kappa shape index (κ3) is 5.54. The first-order valence-corrected chi connectivity index (χ1v) is 8.90. The van der Waals surface area contributed by atoms with E-state index in [4.69, 9.17) is 9.47 Å². The van der Waals surface area contributed by atoms with Crippen molar-refractivity contribution in [1.82, 2.24) is 15.6 Å². The minimum Gasteiger partial charge on any atom is -0.379 e. The second-order valence-corrected chi connectivity index (χ2v) is 6.45. The fourth-order valence-electron chi connectivity index (χ4n) is 2.84. The molecule has 1 fully saturated rings. The lowest BCUT2D eigenvalue weighted by atomic mass is 10.1. The molecule has 0 bridgehead atoms. The summed E-state index contributed by atoms with van der Waals surface area (Å²) in [5.74, 6) is 0. The van der Waals surface area contributed by atoms with Crippen molar-refractivity contribution in [3.8, 4) is 0 Å². The number of aromatic nitrogens is 1. The Morgan fingerprint density at radius 3 is 2.88 bits per heavy atom. The van der Waals surface area contributed by atoms with Gasteiger partial charge in [0.15, 0.2) is 0 Å². The zero-order valence-electron chi connectivity index (χ0n) is 15.0. The van der Waals surface area contributed by atoms with E-state index in [2.05, 4.69) is 15.6 Å². The Bertz CT molecular complexity index is 691. The first kappa shape index (κ1) is 18.4. The maximum Gasteiger partial charge on any atom is 0.315 e. The fourth-order valence-corrected chi connectivity index (χ4v) is 2.84. The number of aryl methyl sites for hydroxylation is 1. The summed E-state index contributed by atoms with van der Waals surface area (Å²) in [6.45, 7) is 4.03. The highest BCUT2D eigenvalue weighted by molar-refractivity contribution is 5.74. The van der Waals surface area contributed by atoms with Crippen LogP contribution in [0.2, 0.25) is 0 Å². The number of pyridine rings is 1. The summed E-state index contributed by atoms with van der Waals surface area (Å²) in [6.07, 6.45) is 2.41. The summed E-state index contributed by atoms with van der Waals surface area (Å²) in [6, 6.07) is 13.4. The summed E-state index contributed by atoms with van der Waals surface area (Å²) >= 11 is 0. The lowest BCUT2D eigenvalue weighted by Gasteiger charge is -2.32. The number of nitrogens with zero attached hydrogens (tertiary/aromatic N) is 1. The summed E-state index contributed by atoms with van der Waals surface area (Å²) < 4.78 is 11.5. The zero-order chi connectivity index (χ0) is 18.2. The van der Waals surface area contributed by atoms with E-state index in [9.17, 15) is 4.79 Å². The van der Waals surface area contributed by atoms with Crippen molar-refractivity contribution >= 4 is 6.03 Å². The van der Waals surface area contributed by atoms with Crippen molar-refractivity contribution in [2.45, 2.75) is 38.6 Å². The van der Waals surface area contributed by atoms with Gasteiger partial charge in [-0.25, -0.2) is 4.79 Å². The Morgan fingerprint density at radius 1 is 1.27 bits per heavy atom. The van der Waals surface area contributed by atoms with Crippen LogP contribution in [0.5, 0.6) is 0 Å². The molecule has 2 aromatic rings. The molecule has 26 heavy (non-hydrogen) atoms. The van der Waals surface area contributed by atoms with Gasteiger partial charge in [-0.05, 0) is 31.0 Å². The van der Waals surface area contributed by atoms with Gasteiger partial charge in [0.25, 0.3) is 0 Å². The van der Waals surface area contributed by atoms with Crippen molar-refractivity contribution in [3.63, 3.8) is 0 Å². The van der Waals surface area contributed by atoms with Crippen molar-refractivity contribution < 1.29 is 14.3 Å². The van der Waals surface area contributed by atoms with E-state index in [1.807, 2.05) is 49.4 Å². The standard InChI is InChI=1S/C20H25N3O3/c1-15-5-7-16(8-6-15)12-22-20(24)23-18-14-25-11-9-19(18)26-13-17-4-2-3-10-21-17/h2-8,10,18-19H,9,11-14H2,1H3,(H2,22,23,24)/t18-,19-/m1/s1. The third-order valence-electron chi connectivity index (χ3n) is 4.35. The van der Waals surface area contributed by atoms with Gasteiger partial charge in [-0.15, -0.1) is 0 Å². The quantitative estimate of drug-likeness (QED) is 0.835. The molecule has 0 saturated carbocycles. The Balaban J connectivity index is 1.47. The smallest absolute Gasteiger partial charge is 0.315 e. The summed E-state index contributed by atoms with van der Waals surface area (Å²) in [5.41, 5.74) is 3.14. The molecule has 2 amide bonds. The molecule has 2 heterocycles. The molecule has 0 aliphatic carbocycles. The van der Waals surface area contributed by atoms with Crippen LogP contribution in [-0.4, -0.2) is 36.4 Å². The molecule has 2 N–H and O–H groups in total. The van der Waals surface area contributed by atoms with Gasteiger partial charge in [-0.2, -0.15) is 0 Å². The SMILES string of the molecule is Cc1ccc(CNC(=O)N[C@@H]2COCC[C@H]2OCc2ccccn2)cc1. The van der Waals surface area contributed by atoms with Crippen LogP contribution in [0.15, 0.2) is 48.7 Å². The third-order valence-corrected chi connectivity index (χ3v) is 4.35. The minimum atomic E-state index is -0.215. The molecule has 6 heteroatoms. The van der Waals surface area contributed by atoms with Crippen LogP contribution >= 0.6 is 0 Å². The van der Waals surface area contributed by atoms with Crippen molar-refractivity contribution in [3.05, 3.63) is 65.5 Å². The number of rotatable bonds is 6. The monoisotopic (exact) mass is 355 g/mol. The minimum absolute atomic E-state index is 0.0871. The molecular weight excluding hydrogens is 330 g/mol. The largest absolute Gasteiger partial charge is 0.379 e. The van der Waals surface area contributed by atoms with Crippen LogP contribution in [0.25, 0.3) is 0 Å². The van der Waals surface area contributed by atoms with Crippen molar-refractivity contribution in [1.29, 1.82) is 0 Å². The first-order valence-electron chi connectivity index (χ1n) is 8.90. The molecule has 1 aliphatic rings. The number of benzene rings is 1. The normalized spacial score (nSPS) is 19.7. The van der Waals surface area contributed by atoms with Crippen LogP contribution in [0.4, 0.5) is 4.79 Å². The van der Waals surface area contributed by atoms with E-state index >= 15 is 0 Å². The van der Waals surface area contributed by atoms with Gasteiger partial charge in [0.1, 0.15) is 0 Å². The Kier molecular flexibility index (Phi) is 6.57. The van der Waals surface area contributed by atoms with Gasteiger partial charge in [-0.3, -0.25) is 4.98 Å². The highest BCUT2D eigenvalue weighted by Crippen LogP contribution is 2.14. The lowest BCUT2D eigenvalue weighted by Crippen LogP contribution is -2.53. The number of carbonyl (C=O) groups is 1. The van der Waals surface area contributed by atoms with Gasteiger partial charge in [0.2, 0.25) is 0 Å². The van der Waals surface area contributed by atoms with E-state index in [1.165, 1.54) is 5.56 Å². The molecule has 2 atom stereocenters. The molecule has 1 aliphatic heterocycles. The lowest BCUT2D eigenvalue weighted by molar-refractivity contribution is -0.0603. The average Bonchev–Trinajstić information content (AvgIpc) is 2.68. The van der Waals surface area contributed by atoms with E-state index in [0.717, 1.165) is 17.7 Å². The number of ether oxygens (including phenoxy) is 2. The van der Waals surface area contributed by atoms with E-state index in [1.54, 1.807) is 6.20 Å². The van der Waals surface area contributed by atoms with Crippen molar-refractivity contribution in [2.24, 2.45) is 0 Å². The number of urea groups is 1. The molecule has 6 nitrogen and oxygen atoms in total. The first-order chi connectivity index (χ1) is 12.7. The number of carbonyl (C=O) groups excluding carboxylic acids is 1. The molecule has 138 valence electrons. The summed E-state index contributed by atoms with van der Waals surface area (Å²) in [4.78, 5) is 16.5. The van der Waals surface area contributed by atoms with Crippen LogP contribution in [0.3, 0.4) is 0 Å². The summed E-state index contributed by atoms with van der Waals surface area (Å²) in [5, 5.41) is 5.85. The average molecular weight is 355 g/mol. The maximum absolute atomic E-state index is 12.2. The van der Waals surface area contributed by atoms with E-state index in [0.29, 0.717) is 26.4 Å². The molecule has 3 rings (SSSR count). The topological polar surface area (TPSA) is 72.5 Å². The maximum atomic E-state index is 12.2. The zero-order valence-corrected chi connectivity index (χ0v) is 15.0. The highest BCUT2D eigenvalue weighted by Gasteiger charge is 2.28. The number of hydrogen-bond acceptors (Lipinski definition) is 4. The van der Waals surface area contributed by atoms with Crippen LogP contribution in [0.1, 0.15) is 23.2 Å². The molecule has 1 aromatic carbocycles. The molecule has 1 saturated heterocycles. The predicted octanol–water partition coefficient (Wildman–Crippen LogP) is 2.56. The molecule has 0 unspecified atom stereocenters. The summed E-state index contributed by atoms with van der Waals surface area (Å²) in [7, 11) is 0. The van der Waals surface area contributed by atoms with E-state index in [-0.39, 0.29) is 18.2 Å². The Labute approximate surface area is 153 Å². The number of nitrogens with one attached hydrogen (secondary N) is 2. The molecular formula is C20H25N3O3. The van der Waals surface area contributed by atoms with Crippen LogP contribution in [0, 0.1) is 6.92 Å². The molecule has 1 aromatic heterocycles. The predicted molar refractivity (Wildman–Crippen MR) is 98.6 cm³/mol. The van der Waals surface area contributed by atoms with Gasteiger partial charge in [0.05, 0.1) is 31.1 Å². The molecule has 0 spiro atoms. The van der Waals surface area contributed by atoms with Gasteiger partial charge in [0, 0.05) is 19.3 Å². The Hall–Kier alpha value is -2.44. The second kappa shape index (κ2) is 9.31. The highest BCUT2D eigenvalue weighted by atomic mass is 16.5. The van der Waals surface area contributed by atoms with Crippen LogP contribution < -0.4 is 10.6 Å². The fraction of sp³-hybridized carbons (Fsp3) is 0.400. The van der Waals surface area contributed by atoms with Crippen LogP contribution in [-0.2, 0) is 22.6 Å². The second-order valence-electron chi connectivity index (χ2n) is 6.45.